The molecular formula is C15H14BrN3O3S. The van der Waals surface area contributed by atoms with Crippen molar-refractivity contribution < 1.29 is 13.2 Å². The van der Waals surface area contributed by atoms with Crippen molar-refractivity contribution >= 4 is 38.1 Å². The van der Waals surface area contributed by atoms with Crippen LogP contribution in [0, 0.1) is 0 Å². The highest BCUT2D eigenvalue weighted by Crippen LogP contribution is 2.14. The van der Waals surface area contributed by atoms with Gasteiger partial charge in [-0.3, -0.25) is 4.79 Å². The van der Waals surface area contributed by atoms with E-state index in [0.717, 1.165) is 10.0 Å². The second kappa shape index (κ2) is 8.00. The molecule has 0 heterocycles. The summed E-state index contributed by atoms with van der Waals surface area (Å²) in [6, 6.07) is 15.3. The van der Waals surface area contributed by atoms with Crippen LogP contribution in [0.3, 0.4) is 0 Å². The lowest BCUT2D eigenvalue weighted by Crippen LogP contribution is -2.34. The van der Waals surface area contributed by atoms with E-state index in [1.807, 2.05) is 30.3 Å². The lowest BCUT2D eigenvalue weighted by Gasteiger charge is -2.06. The van der Waals surface area contributed by atoms with Gasteiger partial charge in [0.1, 0.15) is 0 Å². The Balaban J connectivity index is 1.86. The first kappa shape index (κ1) is 17.3. The fourth-order valence-electron chi connectivity index (χ4n) is 1.62. The lowest BCUT2D eigenvalue weighted by molar-refractivity contribution is -0.119. The normalized spacial score (nSPS) is 11.5. The number of carbonyl (C=O) groups excluding carboxylic acids is 1. The van der Waals surface area contributed by atoms with Crippen molar-refractivity contribution in [2.45, 2.75) is 4.90 Å². The molecule has 120 valence electrons. The molecule has 23 heavy (non-hydrogen) atoms. The van der Waals surface area contributed by atoms with Crippen molar-refractivity contribution in [3.05, 3.63) is 64.6 Å². The number of amides is 1. The summed E-state index contributed by atoms with van der Waals surface area (Å²) in [5.74, 6) is -0.558. The molecule has 0 radical (unpaired) electrons. The van der Waals surface area contributed by atoms with Crippen LogP contribution in [-0.2, 0) is 14.8 Å². The Morgan fingerprint density at radius 3 is 2.39 bits per heavy atom. The molecular weight excluding hydrogens is 382 g/mol. The number of sulfonamides is 1. The zero-order chi connectivity index (χ0) is 16.7. The van der Waals surface area contributed by atoms with E-state index in [2.05, 4.69) is 31.2 Å². The Kier molecular flexibility index (Phi) is 6.03. The van der Waals surface area contributed by atoms with Gasteiger partial charge in [0.15, 0.2) is 0 Å². The van der Waals surface area contributed by atoms with E-state index in [9.17, 15) is 13.2 Å². The number of nitrogens with one attached hydrogen (secondary N) is 2. The monoisotopic (exact) mass is 395 g/mol. The van der Waals surface area contributed by atoms with Crippen LogP contribution in [0.1, 0.15) is 5.56 Å². The topological polar surface area (TPSA) is 87.6 Å². The molecule has 2 aromatic carbocycles. The van der Waals surface area contributed by atoms with E-state index in [1.54, 1.807) is 12.1 Å². The minimum Gasteiger partial charge on any atom is -0.272 e. The lowest BCUT2D eigenvalue weighted by atomic mass is 10.2. The first-order valence-corrected chi connectivity index (χ1v) is 8.87. The Morgan fingerprint density at radius 1 is 1.09 bits per heavy atom. The van der Waals surface area contributed by atoms with E-state index in [4.69, 9.17) is 0 Å². The van der Waals surface area contributed by atoms with Crippen molar-refractivity contribution in [2.75, 3.05) is 6.54 Å². The number of hydrazone groups is 1. The van der Waals surface area contributed by atoms with Crippen LogP contribution in [0.25, 0.3) is 0 Å². The van der Waals surface area contributed by atoms with Crippen LogP contribution in [0.4, 0.5) is 0 Å². The zero-order valence-electron chi connectivity index (χ0n) is 11.9. The summed E-state index contributed by atoms with van der Waals surface area (Å²) in [6.07, 6.45) is 1.47. The highest BCUT2D eigenvalue weighted by molar-refractivity contribution is 9.10. The summed E-state index contributed by atoms with van der Waals surface area (Å²) in [5, 5.41) is 3.76. The smallest absolute Gasteiger partial charge is 0.255 e. The maximum absolute atomic E-state index is 12.0. The molecule has 0 bridgehead atoms. The first-order chi connectivity index (χ1) is 11.0. The highest BCUT2D eigenvalue weighted by Gasteiger charge is 2.14. The Bertz CT molecular complexity index is 790. The van der Waals surface area contributed by atoms with E-state index in [0.29, 0.717) is 0 Å². The van der Waals surface area contributed by atoms with Crippen LogP contribution in [0.2, 0.25) is 0 Å². The van der Waals surface area contributed by atoms with E-state index in [-0.39, 0.29) is 4.90 Å². The van der Waals surface area contributed by atoms with Gasteiger partial charge in [0.2, 0.25) is 10.0 Å². The fourth-order valence-corrected chi connectivity index (χ4v) is 2.86. The molecule has 0 aromatic heterocycles. The molecule has 8 heteroatoms. The third kappa shape index (κ3) is 5.59. The highest BCUT2D eigenvalue weighted by atomic mass is 79.9. The number of halogens is 1. The van der Waals surface area contributed by atoms with Crippen molar-refractivity contribution in [3.63, 3.8) is 0 Å². The number of benzene rings is 2. The van der Waals surface area contributed by atoms with E-state index < -0.39 is 22.5 Å². The number of nitrogens with zero attached hydrogens (tertiary/aromatic N) is 1. The van der Waals surface area contributed by atoms with Gasteiger partial charge in [-0.1, -0.05) is 46.3 Å². The molecule has 0 unspecified atom stereocenters. The van der Waals surface area contributed by atoms with Gasteiger partial charge in [-0.05, 0) is 29.8 Å². The van der Waals surface area contributed by atoms with Gasteiger partial charge in [-0.25, -0.2) is 18.6 Å². The summed E-state index contributed by atoms with van der Waals surface area (Å²) < 4.78 is 27.0. The SMILES string of the molecule is O=C(CNS(=O)(=O)c1ccc(Br)cc1)N/N=C/c1ccccc1. The van der Waals surface area contributed by atoms with E-state index >= 15 is 0 Å². The number of hydrogen-bond donors (Lipinski definition) is 2. The molecule has 0 saturated carbocycles. The molecule has 0 aliphatic rings. The van der Waals surface area contributed by atoms with Gasteiger partial charge >= 0.3 is 0 Å². The second-order valence-electron chi connectivity index (χ2n) is 4.48. The molecule has 2 rings (SSSR count). The molecule has 2 N–H and O–H groups in total. The number of hydrogen-bond acceptors (Lipinski definition) is 4. The summed E-state index contributed by atoms with van der Waals surface area (Å²) in [7, 11) is -3.73. The molecule has 6 nitrogen and oxygen atoms in total. The van der Waals surface area contributed by atoms with Gasteiger partial charge in [0.25, 0.3) is 5.91 Å². The van der Waals surface area contributed by atoms with E-state index in [1.165, 1.54) is 18.3 Å². The molecule has 0 aliphatic carbocycles. The summed E-state index contributed by atoms with van der Waals surface area (Å²) in [6.45, 7) is -0.398. The second-order valence-corrected chi connectivity index (χ2v) is 7.16. The van der Waals surface area contributed by atoms with Crippen LogP contribution in [-0.4, -0.2) is 27.1 Å². The molecule has 0 spiro atoms. The number of carbonyl (C=O) groups is 1. The minimum absolute atomic E-state index is 0.0845. The van der Waals surface area contributed by atoms with Gasteiger partial charge in [0.05, 0.1) is 17.7 Å². The van der Waals surface area contributed by atoms with Crippen molar-refractivity contribution in [2.24, 2.45) is 5.10 Å². The quantitative estimate of drug-likeness (QED) is 0.577. The maximum atomic E-state index is 12.0. The molecule has 2 aromatic rings. The third-order valence-electron chi connectivity index (χ3n) is 2.75. The average molecular weight is 396 g/mol. The fraction of sp³-hybridized carbons (Fsp3) is 0.0667. The molecule has 1 amide bonds. The van der Waals surface area contributed by atoms with Crippen LogP contribution >= 0.6 is 15.9 Å². The Labute approximate surface area is 142 Å². The standard InChI is InChI=1S/C15H14BrN3O3S/c16-13-6-8-14(9-7-13)23(21,22)18-11-15(20)19-17-10-12-4-2-1-3-5-12/h1-10,18H,11H2,(H,19,20)/b17-10+. The van der Waals surface area contributed by atoms with Gasteiger partial charge in [-0.15, -0.1) is 0 Å². The minimum atomic E-state index is -3.73. The van der Waals surface area contributed by atoms with Crippen LogP contribution in [0.5, 0.6) is 0 Å². The maximum Gasteiger partial charge on any atom is 0.255 e. The first-order valence-electron chi connectivity index (χ1n) is 6.59. The van der Waals surface area contributed by atoms with Crippen LogP contribution < -0.4 is 10.1 Å². The molecule has 0 aliphatic heterocycles. The number of rotatable bonds is 6. The Hall–Kier alpha value is -2.03. The molecule has 0 saturated heterocycles. The predicted molar refractivity (Wildman–Crippen MR) is 91.5 cm³/mol. The van der Waals surface area contributed by atoms with Crippen molar-refractivity contribution in [3.8, 4) is 0 Å². The zero-order valence-corrected chi connectivity index (χ0v) is 14.3. The predicted octanol–water partition coefficient (Wildman–Crippen LogP) is 1.88. The van der Waals surface area contributed by atoms with Gasteiger partial charge in [0, 0.05) is 4.47 Å². The molecule has 0 atom stereocenters. The van der Waals surface area contributed by atoms with Gasteiger partial charge < -0.3 is 0 Å². The summed E-state index contributed by atoms with van der Waals surface area (Å²) in [5.41, 5.74) is 3.08. The Morgan fingerprint density at radius 2 is 1.74 bits per heavy atom. The largest absolute Gasteiger partial charge is 0.272 e. The summed E-state index contributed by atoms with van der Waals surface area (Å²) >= 11 is 3.23. The van der Waals surface area contributed by atoms with Gasteiger partial charge in [-0.2, -0.15) is 5.10 Å². The molecule has 0 fully saturated rings. The average Bonchev–Trinajstić information content (AvgIpc) is 2.54. The summed E-state index contributed by atoms with van der Waals surface area (Å²) in [4.78, 5) is 11.7. The van der Waals surface area contributed by atoms with Crippen molar-refractivity contribution in [1.82, 2.24) is 10.1 Å². The van der Waals surface area contributed by atoms with Crippen LogP contribution in [0.15, 0.2) is 69.1 Å². The van der Waals surface area contributed by atoms with Crippen molar-refractivity contribution in [1.29, 1.82) is 0 Å². The third-order valence-corrected chi connectivity index (χ3v) is 4.69.